The molecule has 0 saturated heterocycles. The molecular weight excluding hydrogens is 362 g/mol. The van der Waals surface area contributed by atoms with Gasteiger partial charge in [-0.15, -0.1) is 0 Å². The van der Waals surface area contributed by atoms with Crippen LogP contribution < -0.4 is 4.90 Å². The molecule has 7 nitrogen and oxygen atoms in total. The van der Waals surface area contributed by atoms with Crippen molar-refractivity contribution in [1.82, 2.24) is 29.3 Å². The van der Waals surface area contributed by atoms with Gasteiger partial charge in [0.25, 0.3) is 0 Å². The number of hydrogen-bond acceptors (Lipinski definition) is 5. The standard InChI is InChI=1S/C22H21N7/c1-15(27(2)21-18-12-26-28(3)22(18)24-13-23-21)16-8-10-17(11-9-16)29-14-25-19-6-4-5-7-20(19)29/h4-15H,1-3H3/t15-/m1/s1. The molecule has 0 aliphatic carbocycles. The second kappa shape index (κ2) is 6.70. The highest BCUT2D eigenvalue weighted by atomic mass is 15.3. The fraction of sp³-hybridized carbons (Fsp3) is 0.182. The Hall–Kier alpha value is -3.74. The van der Waals surface area contributed by atoms with Crippen LogP contribution in [0.2, 0.25) is 0 Å². The maximum atomic E-state index is 4.51. The summed E-state index contributed by atoms with van der Waals surface area (Å²) in [7, 11) is 3.94. The molecule has 0 bridgehead atoms. The minimum absolute atomic E-state index is 0.141. The first-order valence-corrected chi connectivity index (χ1v) is 9.51. The fourth-order valence-electron chi connectivity index (χ4n) is 3.72. The lowest BCUT2D eigenvalue weighted by atomic mass is 10.1. The van der Waals surface area contributed by atoms with Crippen LogP contribution in [0.3, 0.4) is 0 Å². The quantitative estimate of drug-likeness (QED) is 0.471. The lowest BCUT2D eigenvalue weighted by Gasteiger charge is -2.26. The van der Waals surface area contributed by atoms with Crippen molar-refractivity contribution in [2.75, 3.05) is 11.9 Å². The first-order chi connectivity index (χ1) is 14.1. The van der Waals surface area contributed by atoms with Gasteiger partial charge < -0.3 is 4.90 Å². The third-order valence-electron chi connectivity index (χ3n) is 5.53. The van der Waals surface area contributed by atoms with Crippen LogP contribution in [0.1, 0.15) is 18.5 Å². The average molecular weight is 383 g/mol. The van der Waals surface area contributed by atoms with Crippen molar-refractivity contribution < 1.29 is 0 Å². The highest BCUT2D eigenvalue weighted by molar-refractivity contribution is 5.86. The maximum Gasteiger partial charge on any atom is 0.163 e. The molecule has 0 unspecified atom stereocenters. The number of hydrogen-bond donors (Lipinski definition) is 0. The number of aromatic nitrogens is 6. The second-order valence-electron chi connectivity index (χ2n) is 7.18. The van der Waals surface area contributed by atoms with Crippen molar-refractivity contribution in [3.8, 4) is 5.69 Å². The Kier molecular flexibility index (Phi) is 4.01. The molecule has 2 aromatic carbocycles. The SMILES string of the molecule is C[C@H](c1ccc(-n2cnc3ccccc32)cc1)N(C)c1ncnc2c1cnn2C. The van der Waals surface area contributed by atoms with E-state index >= 15 is 0 Å². The van der Waals surface area contributed by atoms with Crippen molar-refractivity contribution in [2.45, 2.75) is 13.0 Å². The van der Waals surface area contributed by atoms with Crippen LogP contribution in [0.15, 0.2) is 67.4 Å². The zero-order valence-corrected chi connectivity index (χ0v) is 16.6. The van der Waals surface area contributed by atoms with Crippen LogP contribution in [-0.4, -0.2) is 36.3 Å². The van der Waals surface area contributed by atoms with Crippen molar-refractivity contribution in [3.63, 3.8) is 0 Å². The Morgan fingerprint density at radius 2 is 1.76 bits per heavy atom. The number of aryl methyl sites for hydroxylation is 1. The zero-order chi connectivity index (χ0) is 20.0. The van der Waals surface area contributed by atoms with E-state index in [1.165, 1.54) is 5.56 Å². The van der Waals surface area contributed by atoms with Crippen molar-refractivity contribution in [3.05, 3.63) is 72.9 Å². The van der Waals surface area contributed by atoms with Crippen LogP contribution >= 0.6 is 0 Å². The molecule has 29 heavy (non-hydrogen) atoms. The Morgan fingerprint density at radius 3 is 2.59 bits per heavy atom. The number of anilines is 1. The van der Waals surface area contributed by atoms with E-state index in [2.05, 4.69) is 73.8 Å². The molecule has 5 rings (SSSR count). The van der Waals surface area contributed by atoms with E-state index < -0.39 is 0 Å². The summed E-state index contributed by atoms with van der Waals surface area (Å²) in [5.41, 5.74) is 5.22. The summed E-state index contributed by atoms with van der Waals surface area (Å²) in [5.74, 6) is 0.875. The van der Waals surface area contributed by atoms with E-state index in [1.807, 2.05) is 37.8 Å². The van der Waals surface area contributed by atoms with E-state index in [4.69, 9.17) is 0 Å². The average Bonchev–Trinajstić information content (AvgIpc) is 3.37. The molecule has 144 valence electrons. The summed E-state index contributed by atoms with van der Waals surface area (Å²) in [6.07, 6.45) is 5.28. The van der Waals surface area contributed by atoms with E-state index in [-0.39, 0.29) is 6.04 Å². The number of rotatable bonds is 4. The largest absolute Gasteiger partial charge is 0.352 e. The second-order valence-corrected chi connectivity index (χ2v) is 7.18. The molecule has 1 atom stereocenters. The molecule has 0 N–H and O–H groups in total. The summed E-state index contributed by atoms with van der Waals surface area (Å²) in [6, 6.07) is 16.9. The molecule has 5 aromatic rings. The lowest BCUT2D eigenvalue weighted by Crippen LogP contribution is -2.23. The maximum absolute atomic E-state index is 4.51. The van der Waals surface area contributed by atoms with Gasteiger partial charge in [0.05, 0.1) is 28.7 Å². The van der Waals surface area contributed by atoms with Crippen LogP contribution in [0.5, 0.6) is 0 Å². The minimum atomic E-state index is 0.141. The summed E-state index contributed by atoms with van der Waals surface area (Å²) in [5, 5.41) is 5.26. The van der Waals surface area contributed by atoms with Crippen molar-refractivity contribution >= 4 is 27.9 Å². The summed E-state index contributed by atoms with van der Waals surface area (Å²) in [6.45, 7) is 2.17. The summed E-state index contributed by atoms with van der Waals surface area (Å²) in [4.78, 5) is 15.5. The third-order valence-corrected chi connectivity index (χ3v) is 5.53. The van der Waals surface area contributed by atoms with Gasteiger partial charge >= 0.3 is 0 Å². The monoisotopic (exact) mass is 383 g/mol. The molecule has 0 saturated carbocycles. The number of imidazole rings is 1. The highest BCUT2D eigenvalue weighted by Gasteiger charge is 2.18. The van der Waals surface area contributed by atoms with Gasteiger partial charge in [0.1, 0.15) is 18.5 Å². The molecule has 0 amide bonds. The van der Waals surface area contributed by atoms with Crippen LogP contribution in [0.4, 0.5) is 5.82 Å². The van der Waals surface area contributed by atoms with Gasteiger partial charge in [0.2, 0.25) is 0 Å². The summed E-state index contributed by atoms with van der Waals surface area (Å²) >= 11 is 0. The van der Waals surface area contributed by atoms with E-state index in [0.717, 1.165) is 33.6 Å². The van der Waals surface area contributed by atoms with Crippen molar-refractivity contribution in [2.24, 2.45) is 7.05 Å². The normalized spacial score (nSPS) is 12.5. The molecule has 0 radical (unpaired) electrons. The number of fused-ring (bicyclic) bond motifs is 2. The highest BCUT2D eigenvalue weighted by Crippen LogP contribution is 2.29. The zero-order valence-electron chi connectivity index (χ0n) is 16.6. The predicted molar refractivity (Wildman–Crippen MR) is 114 cm³/mol. The molecule has 3 aromatic heterocycles. The van der Waals surface area contributed by atoms with Gasteiger partial charge in [-0.05, 0) is 36.8 Å². The first-order valence-electron chi connectivity index (χ1n) is 9.51. The fourth-order valence-corrected chi connectivity index (χ4v) is 3.72. The molecule has 3 heterocycles. The van der Waals surface area contributed by atoms with E-state index in [0.29, 0.717) is 0 Å². The Morgan fingerprint density at radius 1 is 0.966 bits per heavy atom. The lowest BCUT2D eigenvalue weighted by molar-refractivity contribution is 0.730. The van der Waals surface area contributed by atoms with Crippen molar-refractivity contribution in [1.29, 1.82) is 0 Å². The predicted octanol–water partition coefficient (Wildman–Crippen LogP) is 3.90. The van der Waals surface area contributed by atoms with Gasteiger partial charge in [-0.3, -0.25) is 9.25 Å². The summed E-state index contributed by atoms with van der Waals surface area (Å²) < 4.78 is 3.88. The van der Waals surface area contributed by atoms with E-state index in [1.54, 1.807) is 11.0 Å². The van der Waals surface area contributed by atoms with Crippen LogP contribution in [0.25, 0.3) is 27.8 Å². The van der Waals surface area contributed by atoms with E-state index in [9.17, 15) is 0 Å². The number of nitrogens with zero attached hydrogens (tertiary/aromatic N) is 7. The molecule has 0 spiro atoms. The van der Waals surface area contributed by atoms with Gasteiger partial charge in [-0.2, -0.15) is 5.10 Å². The first kappa shape index (κ1) is 17.4. The smallest absolute Gasteiger partial charge is 0.163 e. The number of para-hydroxylation sites is 2. The minimum Gasteiger partial charge on any atom is -0.352 e. The third kappa shape index (κ3) is 2.82. The Labute approximate surface area is 168 Å². The van der Waals surface area contributed by atoms with Gasteiger partial charge in [0.15, 0.2) is 5.65 Å². The van der Waals surface area contributed by atoms with Crippen LogP contribution in [-0.2, 0) is 7.05 Å². The topological polar surface area (TPSA) is 64.7 Å². The number of benzene rings is 2. The molecule has 7 heteroatoms. The molecule has 0 fully saturated rings. The van der Waals surface area contributed by atoms with Gasteiger partial charge in [-0.1, -0.05) is 24.3 Å². The Balaban J connectivity index is 1.46. The Bertz CT molecular complexity index is 1300. The molecular formula is C22H21N7. The molecule has 0 aliphatic heterocycles. The van der Waals surface area contributed by atoms with Gasteiger partial charge in [-0.25, -0.2) is 15.0 Å². The van der Waals surface area contributed by atoms with Crippen LogP contribution in [0, 0.1) is 0 Å². The van der Waals surface area contributed by atoms with Gasteiger partial charge in [0, 0.05) is 19.8 Å². The molecule has 0 aliphatic rings.